The number of nitrogens with zero attached hydrogens (tertiary/aromatic N) is 2. The normalized spacial score (nSPS) is 25.2. The fourth-order valence-corrected chi connectivity index (χ4v) is 7.72. The summed E-state index contributed by atoms with van der Waals surface area (Å²) in [4.78, 5) is 7.71. The van der Waals surface area contributed by atoms with E-state index >= 15 is 0 Å². The Labute approximate surface area is 217 Å². The third-order valence-electron chi connectivity index (χ3n) is 8.47. The van der Waals surface area contributed by atoms with E-state index in [2.05, 4.69) is 83.0 Å². The summed E-state index contributed by atoms with van der Waals surface area (Å²) in [7, 11) is 1.79. The minimum Gasteiger partial charge on any atom is -0.496 e. The first kappa shape index (κ1) is 22.5. The van der Waals surface area contributed by atoms with Crippen LogP contribution in [0.3, 0.4) is 0 Å². The minimum absolute atomic E-state index is 0.346. The van der Waals surface area contributed by atoms with Gasteiger partial charge in [-0.25, -0.2) is 4.98 Å². The molecule has 4 atom stereocenters. The van der Waals surface area contributed by atoms with Gasteiger partial charge in [0, 0.05) is 42.6 Å². The number of ether oxygens (including phenoxy) is 1. The minimum atomic E-state index is 0.346. The van der Waals surface area contributed by atoms with Crippen LogP contribution in [0.25, 0.3) is 10.2 Å². The maximum Gasteiger partial charge on any atom is 0.124 e. The van der Waals surface area contributed by atoms with Gasteiger partial charge in [-0.15, -0.1) is 11.3 Å². The van der Waals surface area contributed by atoms with Crippen LogP contribution >= 0.6 is 11.3 Å². The van der Waals surface area contributed by atoms with Crippen molar-refractivity contribution in [3.05, 3.63) is 94.5 Å². The molecule has 1 aromatic heterocycles. The summed E-state index contributed by atoms with van der Waals surface area (Å²) in [5, 5.41) is 5.33. The predicted octanol–water partition coefficient (Wildman–Crippen LogP) is 6.18. The highest BCUT2D eigenvalue weighted by Crippen LogP contribution is 2.45. The zero-order valence-corrected chi connectivity index (χ0v) is 21.6. The molecule has 7 rings (SSSR count). The number of rotatable bonds is 8. The van der Waals surface area contributed by atoms with Crippen molar-refractivity contribution in [2.45, 2.75) is 49.7 Å². The average Bonchev–Trinajstić information content (AvgIpc) is 3.38. The summed E-state index contributed by atoms with van der Waals surface area (Å²) in [5.41, 5.74) is 5.15. The molecule has 2 aliphatic heterocycles. The fourth-order valence-electron chi connectivity index (χ4n) is 6.58. The van der Waals surface area contributed by atoms with Crippen LogP contribution in [-0.2, 0) is 6.54 Å². The maximum absolute atomic E-state index is 5.86. The van der Waals surface area contributed by atoms with Gasteiger partial charge in [0.2, 0.25) is 0 Å². The average molecular weight is 496 g/mol. The third-order valence-corrected chi connectivity index (χ3v) is 9.66. The van der Waals surface area contributed by atoms with Crippen LogP contribution in [0.4, 0.5) is 0 Å². The van der Waals surface area contributed by atoms with Gasteiger partial charge >= 0.3 is 0 Å². The largest absolute Gasteiger partial charge is 0.496 e. The van der Waals surface area contributed by atoms with E-state index < -0.39 is 0 Å². The number of thiazole rings is 1. The summed E-state index contributed by atoms with van der Waals surface area (Å²) in [5.74, 6) is 2.69. The fraction of sp³-hybridized carbons (Fsp3) is 0.387. The molecule has 5 heteroatoms. The Morgan fingerprint density at radius 1 is 1.00 bits per heavy atom. The van der Waals surface area contributed by atoms with Gasteiger partial charge in [-0.2, -0.15) is 0 Å². The van der Waals surface area contributed by atoms with Gasteiger partial charge in [-0.3, -0.25) is 4.90 Å². The van der Waals surface area contributed by atoms with E-state index in [4.69, 9.17) is 9.72 Å². The molecule has 4 nitrogen and oxygen atoms in total. The van der Waals surface area contributed by atoms with Gasteiger partial charge in [0.25, 0.3) is 0 Å². The number of nitrogens with one attached hydrogen (secondary N) is 1. The van der Waals surface area contributed by atoms with E-state index in [1.807, 2.05) is 11.3 Å². The Balaban J connectivity index is 1.20. The second-order valence-electron chi connectivity index (χ2n) is 10.7. The number of hydrogen-bond acceptors (Lipinski definition) is 5. The Hall–Kier alpha value is -2.73. The van der Waals surface area contributed by atoms with E-state index in [9.17, 15) is 0 Å². The maximum atomic E-state index is 5.86. The van der Waals surface area contributed by atoms with Crippen LogP contribution in [0.15, 0.2) is 72.8 Å². The summed E-state index contributed by atoms with van der Waals surface area (Å²) >= 11 is 1.84. The molecule has 3 heterocycles. The highest BCUT2D eigenvalue weighted by molar-refractivity contribution is 7.18. The van der Waals surface area contributed by atoms with Gasteiger partial charge in [-0.1, -0.05) is 60.7 Å². The molecule has 2 bridgehead atoms. The number of aromatic nitrogens is 1. The molecule has 184 valence electrons. The van der Waals surface area contributed by atoms with Gasteiger partial charge in [0.05, 0.1) is 22.3 Å². The lowest BCUT2D eigenvalue weighted by molar-refractivity contribution is 0.197. The highest BCUT2D eigenvalue weighted by atomic mass is 32.1. The Kier molecular flexibility index (Phi) is 5.80. The lowest BCUT2D eigenvalue weighted by Gasteiger charge is -2.39. The molecule has 4 aromatic rings. The van der Waals surface area contributed by atoms with Crippen molar-refractivity contribution in [1.82, 2.24) is 15.2 Å². The second kappa shape index (κ2) is 9.29. The predicted molar refractivity (Wildman–Crippen MR) is 147 cm³/mol. The second-order valence-corrected chi connectivity index (χ2v) is 11.8. The summed E-state index contributed by atoms with van der Waals surface area (Å²) < 4.78 is 7.10. The molecule has 1 saturated carbocycles. The number of benzene rings is 3. The summed E-state index contributed by atoms with van der Waals surface area (Å²) in [6.45, 7) is 3.18. The molecule has 3 fully saturated rings. The van der Waals surface area contributed by atoms with Crippen LogP contribution in [0, 0.1) is 5.92 Å². The van der Waals surface area contributed by atoms with Crippen molar-refractivity contribution >= 4 is 21.6 Å². The first-order valence-corrected chi connectivity index (χ1v) is 14.1. The number of piperidine rings is 1. The number of methoxy groups -OCH3 is 1. The Bertz CT molecular complexity index is 1310. The zero-order chi connectivity index (χ0) is 24.1. The topological polar surface area (TPSA) is 37.4 Å². The molecule has 1 aliphatic carbocycles. The summed E-state index contributed by atoms with van der Waals surface area (Å²) in [6, 6.07) is 27.5. The standard InChI is InChI=1S/C31H33N3OS/c1-35-26-17-27-25(33-31(36-27)22-12-13-22)16-24(26)18-32-29-23-14-15-34(19-23)30(29)28(20-8-4-2-5-9-20)21-10-6-3-7-11-21/h2-11,16-17,22-23,28-30,32H,12-15,18-19H2,1H3. The van der Waals surface area contributed by atoms with Gasteiger partial charge in [-0.05, 0) is 55.0 Å². The molecule has 1 N–H and O–H groups in total. The molecule has 3 aliphatic rings. The Morgan fingerprint density at radius 2 is 1.72 bits per heavy atom. The smallest absolute Gasteiger partial charge is 0.124 e. The number of hydrogen-bond donors (Lipinski definition) is 1. The van der Waals surface area contributed by atoms with E-state index in [1.54, 1.807) is 7.11 Å². The molecule has 3 aromatic carbocycles. The van der Waals surface area contributed by atoms with Crippen LogP contribution in [0.2, 0.25) is 0 Å². The van der Waals surface area contributed by atoms with Gasteiger partial charge in [0.15, 0.2) is 0 Å². The molecular weight excluding hydrogens is 462 g/mol. The van der Waals surface area contributed by atoms with E-state index in [0.717, 1.165) is 17.8 Å². The molecule has 0 spiro atoms. The van der Waals surface area contributed by atoms with Crippen molar-refractivity contribution in [3.63, 3.8) is 0 Å². The molecule has 0 radical (unpaired) electrons. The van der Waals surface area contributed by atoms with E-state index in [1.165, 1.54) is 58.7 Å². The van der Waals surface area contributed by atoms with Gasteiger partial charge in [0.1, 0.15) is 5.75 Å². The number of fused-ring (bicyclic) bond motifs is 3. The third kappa shape index (κ3) is 4.03. The Morgan fingerprint density at radius 3 is 2.39 bits per heavy atom. The molecule has 2 saturated heterocycles. The zero-order valence-electron chi connectivity index (χ0n) is 20.8. The monoisotopic (exact) mass is 495 g/mol. The summed E-state index contributed by atoms with van der Waals surface area (Å²) in [6.07, 6.45) is 3.85. The van der Waals surface area contributed by atoms with Crippen LogP contribution in [0.5, 0.6) is 5.75 Å². The lowest BCUT2D eigenvalue weighted by atomic mass is 9.78. The van der Waals surface area contributed by atoms with Crippen LogP contribution in [-0.4, -0.2) is 42.2 Å². The van der Waals surface area contributed by atoms with Gasteiger partial charge < -0.3 is 10.1 Å². The molecule has 4 unspecified atom stereocenters. The van der Waals surface area contributed by atoms with Crippen molar-refractivity contribution in [1.29, 1.82) is 0 Å². The highest BCUT2D eigenvalue weighted by Gasteiger charge is 2.49. The lowest BCUT2D eigenvalue weighted by Crippen LogP contribution is -2.50. The van der Waals surface area contributed by atoms with Crippen LogP contribution < -0.4 is 10.1 Å². The first-order valence-electron chi connectivity index (χ1n) is 13.3. The van der Waals surface area contributed by atoms with E-state index in [0.29, 0.717) is 29.8 Å². The van der Waals surface area contributed by atoms with Crippen molar-refractivity contribution in [3.8, 4) is 5.75 Å². The van der Waals surface area contributed by atoms with Crippen molar-refractivity contribution < 1.29 is 4.74 Å². The quantitative estimate of drug-likeness (QED) is 0.317. The molecule has 0 amide bonds. The first-order chi connectivity index (χ1) is 17.8. The molecule has 36 heavy (non-hydrogen) atoms. The van der Waals surface area contributed by atoms with Crippen molar-refractivity contribution in [2.24, 2.45) is 5.92 Å². The molecular formula is C31H33N3OS. The SMILES string of the molecule is COc1cc2sc(C3CC3)nc2cc1CNC1C2CCN(C2)C1C(c1ccccc1)c1ccccc1. The van der Waals surface area contributed by atoms with E-state index in [-0.39, 0.29) is 0 Å². The van der Waals surface area contributed by atoms with Crippen molar-refractivity contribution in [2.75, 3.05) is 20.2 Å². The van der Waals surface area contributed by atoms with Crippen LogP contribution in [0.1, 0.15) is 52.8 Å².